The Balaban J connectivity index is 0.00000200. The monoisotopic (exact) mass is 387 g/mol. The summed E-state index contributed by atoms with van der Waals surface area (Å²) in [6.07, 6.45) is 3.01. The Hall–Kier alpha value is -1.24. The fourth-order valence-electron chi connectivity index (χ4n) is 1.89. The molecule has 0 atom stereocenters. The van der Waals surface area contributed by atoms with Crippen LogP contribution in [0.15, 0.2) is 39.7 Å². The van der Waals surface area contributed by atoms with Crippen LogP contribution in [0, 0.1) is 0 Å². The lowest BCUT2D eigenvalue weighted by Crippen LogP contribution is -2.33. The normalized spacial score (nSPS) is 11.3. The Labute approximate surface area is 136 Å². The molecule has 5 heteroatoms. The number of nitrogens with one attached hydrogen (secondary N) is 1. The molecule has 0 saturated heterocycles. The van der Waals surface area contributed by atoms with Crippen LogP contribution in [-0.2, 0) is 6.42 Å². The topological polar surface area (TPSA) is 63.5 Å². The molecule has 0 aliphatic carbocycles. The summed E-state index contributed by atoms with van der Waals surface area (Å²) in [5, 5.41) is 4.24. The number of nitrogens with two attached hydrogens (primary N) is 1. The molecule has 1 heterocycles. The van der Waals surface area contributed by atoms with Crippen LogP contribution in [0.5, 0.6) is 0 Å². The Morgan fingerprint density at radius 2 is 2.15 bits per heavy atom. The first-order valence-electron chi connectivity index (χ1n) is 6.81. The number of rotatable bonds is 6. The van der Waals surface area contributed by atoms with Crippen molar-refractivity contribution in [3.05, 3.63) is 36.1 Å². The molecular formula is C15H22IN3O. The third-order valence-corrected chi connectivity index (χ3v) is 2.95. The molecule has 4 nitrogen and oxygen atoms in total. The van der Waals surface area contributed by atoms with E-state index in [1.807, 2.05) is 18.2 Å². The molecule has 0 unspecified atom stereocenters. The SMILES string of the molecule is CCCCN=C(N)NCCc1cc2ccccc2o1.I. The lowest BCUT2D eigenvalue weighted by atomic mass is 10.2. The van der Waals surface area contributed by atoms with Crippen LogP contribution in [0.2, 0.25) is 0 Å². The Morgan fingerprint density at radius 3 is 2.90 bits per heavy atom. The van der Waals surface area contributed by atoms with Crippen molar-refractivity contribution in [3.63, 3.8) is 0 Å². The van der Waals surface area contributed by atoms with Gasteiger partial charge in [-0.05, 0) is 18.6 Å². The lowest BCUT2D eigenvalue weighted by Gasteiger charge is -2.03. The number of halogens is 1. The summed E-state index contributed by atoms with van der Waals surface area (Å²) in [6.45, 7) is 3.67. The predicted octanol–water partition coefficient (Wildman–Crippen LogP) is 3.30. The third kappa shape index (κ3) is 5.03. The smallest absolute Gasteiger partial charge is 0.188 e. The molecular weight excluding hydrogens is 365 g/mol. The van der Waals surface area contributed by atoms with Crippen LogP contribution in [0.4, 0.5) is 0 Å². The second-order valence-corrected chi connectivity index (χ2v) is 4.55. The molecule has 20 heavy (non-hydrogen) atoms. The molecule has 0 aliphatic rings. The number of guanidine groups is 1. The van der Waals surface area contributed by atoms with Crippen molar-refractivity contribution >= 4 is 40.9 Å². The first kappa shape index (κ1) is 16.8. The number of aliphatic imine (C=N–C) groups is 1. The maximum Gasteiger partial charge on any atom is 0.188 e. The van der Waals surface area contributed by atoms with Crippen molar-refractivity contribution in [1.29, 1.82) is 0 Å². The predicted molar refractivity (Wildman–Crippen MR) is 94.7 cm³/mol. The molecule has 0 fully saturated rings. The van der Waals surface area contributed by atoms with E-state index in [-0.39, 0.29) is 24.0 Å². The summed E-state index contributed by atoms with van der Waals surface area (Å²) in [4.78, 5) is 4.24. The molecule has 1 aromatic carbocycles. The highest BCUT2D eigenvalue weighted by molar-refractivity contribution is 14.0. The van der Waals surface area contributed by atoms with Crippen molar-refractivity contribution in [2.24, 2.45) is 10.7 Å². The molecule has 1 aromatic heterocycles. The first-order chi connectivity index (χ1) is 9.29. The number of furan rings is 1. The van der Waals surface area contributed by atoms with E-state index in [1.165, 1.54) is 0 Å². The lowest BCUT2D eigenvalue weighted by molar-refractivity contribution is 0.545. The summed E-state index contributed by atoms with van der Waals surface area (Å²) >= 11 is 0. The highest BCUT2D eigenvalue weighted by Gasteiger charge is 2.02. The standard InChI is InChI=1S/C15H21N3O.HI/c1-2-3-9-17-15(16)18-10-8-13-11-12-6-4-5-7-14(12)19-13;/h4-7,11H,2-3,8-10H2,1H3,(H3,16,17,18);1H. The first-order valence-corrected chi connectivity index (χ1v) is 6.81. The fraction of sp³-hybridized carbons (Fsp3) is 0.400. The zero-order chi connectivity index (χ0) is 13.5. The van der Waals surface area contributed by atoms with Crippen molar-refractivity contribution in [2.75, 3.05) is 13.1 Å². The molecule has 3 N–H and O–H groups in total. The van der Waals surface area contributed by atoms with Gasteiger partial charge < -0.3 is 15.5 Å². The number of para-hydroxylation sites is 1. The summed E-state index contributed by atoms with van der Waals surface area (Å²) in [7, 11) is 0. The maximum absolute atomic E-state index is 5.76. The van der Waals surface area contributed by atoms with Crippen LogP contribution in [0.1, 0.15) is 25.5 Å². The van der Waals surface area contributed by atoms with Crippen molar-refractivity contribution in [3.8, 4) is 0 Å². The van der Waals surface area contributed by atoms with E-state index in [1.54, 1.807) is 0 Å². The zero-order valence-corrected chi connectivity index (χ0v) is 14.1. The number of hydrogen-bond acceptors (Lipinski definition) is 2. The molecule has 0 amide bonds. The average Bonchev–Trinajstić information content (AvgIpc) is 2.81. The molecule has 110 valence electrons. The van der Waals surface area contributed by atoms with Gasteiger partial charge in [-0.25, -0.2) is 0 Å². The minimum atomic E-state index is 0. The van der Waals surface area contributed by atoms with E-state index in [2.05, 4.69) is 29.4 Å². The highest BCUT2D eigenvalue weighted by atomic mass is 127. The largest absolute Gasteiger partial charge is 0.461 e. The van der Waals surface area contributed by atoms with E-state index >= 15 is 0 Å². The Morgan fingerprint density at radius 1 is 1.35 bits per heavy atom. The minimum Gasteiger partial charge on any atom is -0.461 e. The van der Waals surface area contributed by atoms with E-state index in [4.69, 9.17) is 10.2 Å². The molecule has 0 radical (unpaired) electrons. The summed E-state index contributed by atoms with van der Waals surface area (Å²) in [5.74, 6) is 1.49. The van der Waals surface area contributed by atoms with Crippen molar-refractivity contribution in [1.82, 2.24) is 5.32 Å². The fourth-order valence-corrected chi connectivity index (χ4v) is 1.89. The van der Waals surface area contributed by atoms with Gasteiger partial charge in [0.2, 0.25) is 0 Å². The second kappa shape index (κ2) is 8.84. The van der Waals surface area contributed by atoms with Crippen LogP contribution in [0.3, 0.4) is 0 Å². The van der Waals surface area contributed by atoms with Gasteiger partial charge in [-0.2, -0.15) is 0 Å². The zero-order valence-electron chi connectivity index (χ0n) is 11.8. The minimum absolute atomic E-state index is 0. The molecule has 2 rings (SSSR count). The molecule has 0 bridgehead atoms. The maximum atomic E-state index is 5.76. The van der Waals surface area contributed by atoms with Gasteiger partial charge in [0.15, 0.2) is 5.96 Å². The van der Waals surface area contributed by atoms with Crippen molar-refractivity contribution < 1.29 is 4.42 Å². The van der Waals surface area contributed by atoms with Crippen LogP contribution >= 0.6 is 24.0 Å². The van der Waals surface area contributed by atoms with Gasteiger partial charge in [-0.3, -0.25) is 4.99 Å². The van der Waals surface area contributed by atoms with Gasteiger partial charge in [-0.1, -0.05) is 31.5 Å². The van der Waals surface area contributed by atoms with Gasteiger partial charge in [0.05, 0.1) is 0 Å². The van der Waals surface area contributed by atoms with Gasteiger partial charge in [0.1, 0.15) is 11.3 Å². The van der Waals surface area contributed by atoms with Crippen LogP contribution in [0.25, 0.3) is 11.0 Å². The molecule has 0 aliphatic heterocycles. The molecule has 0 saturated carbocycles. The van der Waals surface area contributed by atoms with Crippen molar-refractivity contribution in [2.45, 2.75) is 26.2 Å². The Bertz CT molecular complexity index is 518. The van der Waals surface area contributed by atoms with E-state index in [0.29, 0.717) is 5.96 Å². The number of fused-ring (bicyclic) bond motifs is 1. The number of nitrogens with zero attached hydrogens (tertiary/aromatic N) is 1. The number of hydrogen-bond donors (Lipinski definition) is 2. The van der Waals surface area contributed by atoms with E-state index in [9.17, 15) is 0 Å². The third-order valence-electron chi connectivity index (χ3n) is 2.95. The average molecular weight is 387 g/mol. The summed E-state index contributed by atoms with van der Waals surface area (Å²) < 4.78 is 5.73. The second-order valence-electron chi connectivity index (χ2n) is 4.55. The quantitative estimate of drug-likeness (QED) is 0.346. The molecule has 2 aromatic rings. The Kier molecular flexibility index (Phi) is 7.43. The van der Waals surface area contributed by atoms with Gasteiger partial charge in [-0.15, -0.1) is 24.0 Å². The van der Waals surface area contributed by atoms with Gasteiger partial charge in [0, 0.05) is 24.9 Å². The molecule has 0 spiro atoms. The summed E-state index contributed by atoms with van der Waals surface area (Å²) in [5.41, 5.74) is 6.69. The van der Waals surface area contributed by atoms with Crippen LogP contribution < -0.4 is 11.1 Å². The summed E-state index contributed by atoms with van der Waals surface area (Å²) in [6, 6.07) is 10.1. The van der Waals surface area contributed by atoms with Gasteiger partial charge in [0.25, 0.3) is 0 Å². The van der Waals surface area contributed by atoms with E-state index < -0.39 is 0 Å². The number of unbranched alkanes of at least 4 members (excludes halogenated alkanes) is 1. The van der Waals surface area contributed by atoms with Gasteiger partial charge >= 0.3 is 0 Å². The number of benzene rings is 1. The van der Waals surface area contributed by atoms with Crippen LogP contribution in [-0.4, -0.2) is 19.0 Å². The van der Waals surface area contributed by atoms with E-state index in [0.717, 1.165) is 49.1 Å². The highest BCUT2D eigenvalue weighted by Crippen LogP contribution is 2.18.